The molecule has 144 valence electrons. The van der Waals surface area contributed by atoms with Crippen molar-refractivity contribution in [2.75, 3.05) is 0 Å². The molecule has 0 amide bonds. The number of aryl methyl sites for hydroxylation is 1. The lowest BCUT2D eigenvalue weighted by molar-refractivity contribution is 0.635. The first-order valence-electron chi connectivity index (χ1n) is 9.56. The Morgan fingerprint density at radius 3 is 2.62 bits per heavy atom. The van der Waals surface area contributed by atoms with E-state index < -0.39 is 0 Å². The van der Waals surface area contributed by atoms with Crippen molar-refractivity contribution in [3.8, 4) is 17.2 Å². The Bertz CT molecular complexity index is 1290. The molecule has 0 bridgehead atoms. The molecule has 0 spiro atoms. The average Bonchev–Trinajstić information content (AvgIpc) is 3.15. The van der Waals surface area contributed by atoms with E-state index in [4.69, 9.17) is 4.98 Å². The molecule has 0 fully saturated rings. The Morgan fingerprint density at radius 2 is 1.93 bits per heavy atom. The molecule has 0 atom stereocenters. The third kappa shape index (κ3) is 3.59. The molecule has 0 unspecified atom stereocenters. The predicted molar refractivity (Wildman–Crippen MR) is 118 cm³/mol. The van der Waals surface area contributed by atoms with E-state index in [0.29, 0.717) is 17.5 Å². The summed E-state index contributed by atoms with van der Waals surface area (Å²) in [6.45, 7) is 6.54. The molecule has 2 aromatic heterocycles. The number of rotatable bonds is 4. The van der Waals surface area contributed by atoms with Gasteiger partial charge in [-0.15, -0.1) is 11.3 Å². The van der Waals surface area contributed by atoms with Crippen LogP contribution in [0.2, 0.25) is 0 Å². The molecule has 0 saturated carbocycles. The molecule has 0 aliphatic carbocycles. The highest BCUT2D eigenvalue weighted by Gasteiger charge is 2.19. The van der Waals surface area contributed by atoms with E-state index in [1.807, 2.05) is 56.5 Å². The zero-order chi connectivity index (χ0) is 20.5. The highest BCUT2D eigenvalue weighted by Crippen LogP contribution is 2.32. The molecule has 2 heterocycles. The van der Waals surface area contributed by atoms with Crippen LogP contribution < -0.4 is 5.56 Å². The van der Waals surface area contributed by atoms with Gasteiger partial charge in [0, 0.05) is 16.9 Å². The van der Waals surface area contributed by atoms with Crippen molar-refractivity contribution in [3.63, 3.8) is 0 Å². The Hall–Kier alpha value is -3.23. The number of hydrogen-bond donors (Lipinski definition) is 0. The van der Waals surface area contributed by atoms with Gasteiger partial charge in [0.25, 0.3) is 5.56 Å². The first kappa shape index (κ1) is 19.1. The van der Waals surface area contributed by atoms with Crippen molar-refractivity contribution in [3.05, 3.63) is 86.8 Å². The van der Waals surface area contributed by atoms with Crippen LogP contribution in [0.4, 0.5) is 0 Å². The second-order valence-corrected chi connectivity index (χ2v) is 8.38. The zero-order valence-corrected chi connectivity index (χ0v) is 17.5. The summed E-state index contributed by atoms with van der Waals surface area (Å²) >= 11 is 1.51. The second kappa shape index (κ2) is 7.65. The molecule has 0 aliphatic rings. The molecule has 0 radical (unpaired) electrons. The van der Waals surface area contributed by atoms with Crippen molar-refractivity contribution in [1.82, 2.24) is 9.55 Å². The van der Waals surface area contributed by atoms with E-state index in [0.717, 1.165) is 27.3 Å². The quantitative estimate of drug-likeness (QED) is 0.457. The van der Waals surface area contributed by atoms with Crippen molar-refractivity contribution in [2.24, 2.45) is 0 Å². The average molecular weight is 400 g/mol. The number of nitriles is 1. The Balaban J connectivity index is 1.92. The normalized spacial score (nSPS) is 11.1. The maximum atomic E-state index is 13.6. The van der Waals surface area contributed by atoms with E-state index >= 15 is 0 Å². The molecule has 0 saturated heterocycles. The fourth-order valence-corrected chi connectivity index (χ4v) is 4.45. The van der Waals surface area contributed by atoms with Gasteiger partial charge >= 0.3 is 0 Å². The van der Waals surface area contributed by atoms with Gasteiger partial charge in [-0.1, -0.05) is 55.8 Å². The van der Waals surface area contributed by atoms with Crippen LogP contribution in [0.1, 0.15) is 42.3 Å². The van der Waals surface area contributed by atoms with Crippen LogP contribution >= 0.6 is 11.3 Å². The molecule has 0 aliphatic heterocycles. The lowest BCUT2D eigenvalue weighted by Crippen LogP contribution is -2.26. The van der Waals surface area contributed by atoms with Crippen molar-refractivity contribution in [2.45, 2.75) is 33.2 Å². The number of nitrogens with zero attached hydrogens (tertiary/aromatic N) is 3. The van der Waals surface area contributed by atoms with Gasteiger partial charge in [0.2, 0.25) is 0 Å². The lowest BCUT2D eigenvalue weighted by atomic mass is 10.0. The van der Waals surface area contributed by atoms with Crippen LogP contribution in [0.25, 0.3) is 21.3 Å². The Labute approximate surface area is 173 Å². The number of fused-ring (bicyclic) bond motifs is 1. The lowest BCUT2D eigenvalue weighted by Gasteiger charge is -2.15. The molecule has 29 heavy (non-hydrogen) atoms. The molecule has 4 aromatic rings. The minimum Gasteiger partial charge on any atom is -0.291 e. The van der Waals surface area contributed by atoms with Gasteiger partial charge in [-0.25, -0.2) is 4.98 Å². The maximum Gasteiger partial charge on any atom is 0.263 e. The highest BCUT2D eigenvalue weighted by atomic mass is 32.1. The number of benzene rings is 2. The Morgan fingerprint density at radius 1 is 1.17 bits per heavy atom. The molecular weight excluding hydrogens is 378 g/mol. The van der Waals surface area contributed by atoms with Crippen molar-refractivity contribution < 1.29 is 0 Å². The molecule has 0 N–H and O–H groups in total. The van der Waals surface area contributed by atoms with Crippen LogP contribution in [-0.2, 0) is 6.54 Å². The molecular formula is C24H21N3OS. The summed E-state index contributed by atoms with van der Waals surface area (Å²) in [6.07, 6.45) is 0. The topological polar surface area (TPSA) is 58.7 Å². The summed E-state index contributed by atoms with van der Waals surface area (Å²) in [5, 5.41) is 11.9. The summed E-state index contributed by atoms with van der Waals surface area (Å²) < 4.78 is 1.76. The minimum atomic E-state index is -0.0297. The highest BCUT2D eigenvalue weighted by molar-refractivity contribution is 7.17. The van der Waals surface area contributed by atoms with E-state index in [-0.39, 0.29) is 11.5 Å². The van der Waals surface area contributed by atoms with Crippen LogP contribution in [0, 0.1) is 18.3 Å². The van der Waals surface area contributed by atoms with Crippen LogP contribution in [0.15, 0.2) is 58.7 Å². The van der Waals surface area contributed by atoms with Gasteiger partial charge < -0.3 is 0 Å². The standard InChI is InChI=1S/C24H21N3OS/c1-15(2)22-26-23-21(20(14-29-23)19-9-7-16(3)8-10-19)24(28)27(22)13-18-6-4-5-17(11-18)12-25/h4-11,14-15H,13H2,1-3H3. The fraction of sp³-hybridized carbons (Fsp3) is 0.208. The Kier molecular flexibility index (Phi) is 5.04. The van der Waals surface area contributed by atoms with Crippen LogP contribution in [0.5, 0.6) is 0 Å². The minimum absolute atomic E-state index is 0.0297. The van der Waals surface area contributed by atoms with Crippen molar-refractivity contribution >= 4 is 21.6 Å². The van der Waals surface area contributed by atoms with Crippen molar-refractivity contribution in [1.29, 1.82) is 5.26 Å². The van der Waals surface area contributed by atoms with Gasteiger partial charge in [-0.2, -0.15) is 5.26 Å². The summed E-state index contributed by atoms with van der Waals surface area (Å²) in [5.74, 6) is 0.873. The molecule has 2 aromatic carbocycles. The molecule has 4 rings (SSSR count). The van der Waals surface area contributed by atoms with Gasteiger partial charge in [0.1, 0.15) is 10.7 Å². The third-order valence-corrected chi connectivity index (χ3v) is 5.87. The first-order chi connectivity index (χ1) is 14.0. The maximum absolute atomic E-state index is 13.6. The SMILES string of the molecule is Cc1ccc(-c2csc3nc(C(C)C)n(Cc4cccc(C#N)c4)c(=O)c23)cc1. The summed E-state index contributed by atoms with van der Waals surface area (Å²) in [4.78, 5) is 19.2. The summed E-state index contributed by atoms with van der Waals surface area (Å²) in [6, 6.07) is 17.8. The number of aromatic nitrogens is 2. The van der Waals surface area contributed by atoms with E-state index in [1.54, 1.807) is 10.6 Å². The van der Waals surface area contributed by atoms with Gasteiger partial charge in [-0.3, -0.25) is 9.36 Å². The first-order valence-corrected chi connectivity index (χ1v) is 10.4. The monoisotopic (exact) mass is 399 g/mol. The van der Waals surface area contributed by atoms with E-state index in [2.05, 4.69) is 18.2 Å². The number of hydrogen-bond acceptors (Lipinski definition) is 4. The summed E-state index contributed by atoms with van der Waals surface area (Å²) in [7, 11) is 0. The molecule has 5 heteroatoms. The fourth-order valence-electron chi connectivity index (χ4n) is 3.50. The van der Waals surface area contributed by atoms with Gasteiger partial charge in [-0.05, 0) is 30.2 Å². The summed E-state index contributed by atoms with van der Waals surface area (Å²) in [5.41, 5.74) is 4.61. The van der Waals surface area contributed by atoms with Crippen LogP contribution in [-0.4, -0.2) is 9.55 Å². The zero-order valence-electron chi connectivity index (χ0n) is 16.6. The van der Waals surface area contributed by atoms with Gasteiger partial charge in [0.15, 0.2) is 0 Å². The second-order valence-electron chi connectivity index (χ2n) is 7.52. The number of thiophene rings is 1. The third-order valence-electron chi connectivity index (χ3n) is 5.00. The van der Waals surface area contributed by atoms with Gasteiger partial charge in [0.05, 0.1) is 23.6 Å². The molecule has 4 nitrogen and oxygen atoms in total. The smallest absolute Gasteiger partial charge is 0.263 e. The predicted octanol–water partition coefficient (Wildman–Crippen LogP) is 5.48. The van der Waals surface area contributed by atoms with Crippen LogP contribution in [0.3, 0.4) is 0 Å². The van der Waals surface area contributed by atoms with E-state index in [9.17, 15) is 10.1 Å². The largest absolute Gasteiger partial charge is 0.291 e. The van der Waals surface area contributed by atoms with E-state index in [1.165, 1.54) is 16.9 Å².